The van der Waals surface area contributed by atoms with Crippen molar-refractivity contribution in [3.63, 3.8) is 0 Å². The molecule has 0 saturated heterocycles. The minimum Gasteiger partial charge on any atom is -0.358 e. The zero-order valence-corrected chi connectivity index (χ0v) is 6.22. The van der Waals surface area contributed by atoms with Crippen LogP contribution in [0, 0.1) is 17.0 Å². The lowest BCUT2D eigenvalue weighted by Gasteiger charge is -2.14. The van der Waals surface area contributed by atoms with Crippen molar-refractivity contribution in [3.8, 4) is 0 Å². The highest BCUT2D eigenvalue weighted by Crippen LogP contribution is 2.40. The first-order valence-corrected chi connectivity index (χ1v) is 3.35. The molecule has 1 aromatic rings. The van der Waals surface area contributed by atoms with Crippen molar-refractivity contribution in [1.82, 2.24) is 9.55 Å². The Kier molecular flexibility index (Phi) is 1.10. The van der Waals surface area contributed by atoms with Gasteiger partial charge in [0.05, 0.1) is 0 Å². The van der Waals surface area contributed by atoms with Gasteiger partial charge in [0.15, 0.2) is 17.8 Å². The molecule has 1 unspecified atom stereocenters. The smallest absolute Gasteiger partial charge is 0.351 e. The summed E-state index contributed by atoms with van der Waals surface area (Å²) in [5, 5.41) is 10.4. The normalized spacial score (nSPS) is 18.6. The number of rotatable bonds is 2. The number of hydrogen-bond donors (Lipinski definition) is 0. The van der Waals surface area contributed by atoms with Crippen LogP contribution < -0.4 is 0 Å². The van der Waals surface area contributed by atoms with Crippen molar-refractivity contribution < 1.29 is 9.72 Å². The molecule has 0 spiro atoms. The summed E-state index contributed by atoms with van der Waals surface area (Å²) in [5.74, 6) is 0.471. The maximum atomic E-state index is 10.4. The quantitative estimate of drug-likeness (QED) is 0.358. The van der Waals surface area contributed by atoms with Crippen molar-refractivity contribution >= 4 is 12.1 Å². The van der Waals surface area contributed by atoms with Gasteiger partial charge in [-0.1, -0.05) is 0 Å². The van der Waals surface area contributed by atoms with Gasteiger partial charge >= 0.3 is 5.82 Å². The number of aromatic nitrogens is 2. The van der Waals surface area contributed by atoms with E-state index in [1.54, 1.807) is 6.92 Å². The molecule has 0 radical (unpaired) electrons. The topological polar surface area (TPSA) is 78.0 Å². The number of aryl methyl sites for hydroxylation is 1. The maximum Gasteiger partial charge on any atom is 0.351 e. The van der Waals surface area contributed by atoms with Crippen LogP contribution in [-0.4, -0.2) is 20.8 Å². The standard InChI is InChI=1S/C6H5N3O3/c1-3-7-5-4(2-10)8(3)6(5)9(11)12/h2,4H,1H3. The third kappa shape index (κ3) is 0.549. The Balaban J connectivity index is 2.55. The molecule has 3 heterocycles. The lowest BCUT2D eigenvalue weighted by molar-refractivity contribution is -0.397. The number of aldehydes is 1. The van der Waals surface area contributed by atoms with Crippen LogP contribution in [0.2, 0.25) is 0 Å². The zero-order valence-electron chi connectivity index (χ0n) is 6.22. The van der Waals surface area contributed by atoms with Crippen LogP contribution in [0.15, 0.2) is 0 Å². The summed E-state index contributed by atoms with van der Waals surface area (Å²) < 4.78 is 1.32. The van der Waals surface area contributed by atoms with Crippen molar-refractivity contribution in [2.45, 2.75) is 13.0 Å². The molecule has 0 N–H and O–H groups in total. The summed E-state index contributed by atoms with van der Waals surface area (Å²) >= 11 is 0. The molecule has 0 saturated carbocycles. The van der Waals surface area contributed by atoms with Gasteiger partial charge in [0.2, 0.25) is 6.04 Å². The minimum absolute atomic E-state index is 0.0513. The fourth-order valence-electron chi connectivity index (χ4n) is 1.45. The Bertz CT molecular complexity index is 382. The van der Waals surface area contributed by atoms with Gasteiger partial charge in [-0.2, -0.15) is 4.57 Å². The van der Waals surface area contributed by atoms with Gasteiger partial charge in [0.1, 0.15) is 0 Å². The summed E-state index contributed by atoms with van der Waals surface area (Å²) in [5.41, 5.74) is 0.285. The molecule has 6 nitrogen and oxygen atoms in total. The van der Waals surface area contributed by atoms with Crippen LogP contribution in [0.25, 0.3) is 0 Å². The molecule has 2 bridgehead atoms. The Morgan fingerprint density at radius 2 is 2.42 bits per heavy atom. The van der Waals surface area contributed by atoms with Gasteiger partial charge < -0.3 is 10.1 Å². The lowest BCUT2D eigenvalue weighted by atomic mass is 10.1. The Labute approximate surface area is 67.0 Å². The lowest BCUT2D eigenvalue weighted by Crippen LogP contribution is -2.22. The van der Waals surface area contributed by atoms with E-state index in [9.17, 15) is 14.9 Å². The first kappa shape index (κ1) is 6.96. The average Bonchev–Trinajstić information content (AvgIpc) is 2.42. The maximum absolute atomic E-state index is 10.4. The van der Waals surface area contributed by atoms with Crippen LogP contribution >= 0.6 is 0 Å². The Morgan fingerprint density at radius 3 is 2.75 bits per heavy atom. The van der Waals surface area contributed by atoms with Crippen molar-refractivity contribution in [2.75, 3.05) is 0 Å². The molecular weight excluding hydrogens is 162 g/mol. The van der Waals surface area contributed by atoms with E-state index >= 15 is 0 Å². The molecule has 0 aromatic carbocycles. The number of carbonyl (C=O) groups excluding carboxylic acids is 1. The Hall–Kier alpha value is -1.72. The van der Waals surface area contributed by atoms with Crippen LogP contribution in [0.4, 0.5) is 5.82 Å². The number of nitro groups is 1. The second-order valence-corrected chi connectivity index (χ2v) is 2.58. The molecule has 0 fully saturated rings. The molecular formula is C6H5N3O3. The van der Waals surface area contributed by atoms with E-state index < -0.39 is 11.0 Å². The van der Waals surface area contributed by atoms with E-state index in [2.05, 4.69) is 4.98 Å². The molecule has 12 heavy (non-hydrogen) atoms. The highest BCUT2D eigenvalue weighted by Gasteiger charge is 2.46. The third-order valence-corrected chi connectivity index (χ3v) is 1.95. The number of hydrogen-bond acceptors (Lipinski definition) is 4. The van der Waals surface area contributed by atoms with E-state index in [-0.39, 0.29) is 11.5 Å². The van der Waals surface area contributed by atoms with Crippen molar-refractivity contribution in [3.05, 3.63) is 21.6 Å². The van der Waals surface area contributed by atoms with Crippen LogP contribution in [0.5, 0.6) is 0 Å². The van der Waals surface area contributed by atoms with Gasteiger partial charge in [-0.3, -0.25) is 4.79 Å². The van der Waals surface area contributed by atoms with Gasteiger partial charge in [0, 0.05) is 6.92 Å². The van der Waals surface area contributed by atoms with E-state index in [1.807, 2.05) is 0 Å². The molecule has 2 aliphatic rings. The fourth-order valence-corrected chi connectivity index (χ4v) is 1.45. The highest BCUT2D eigenvalue weighted by molar-refractivity contribution is 5.70. The summed E-state index contributed by atoms with van der Waals surface area (Å²) in [7, 11) is 0. The summed E-state index contributed by atoms with van der Waals surface area (Å²) in [6, 6.07) is -0.509. The second-order valence-electron chi connectivity index (χ2n) is 2.58. The van der Waals surface area contributed by atoms with Gasteiger partial charge in [-0.15, -0.1) is 0 Å². The predicted octanol–water partition coefficient (Wildman–Crippen LogP) is 0.201. The molecule has 2 aliphatic heterocycles. The van der Waals surface area contributed by atoms with Gasteiger partial charge in [0.25, 0.3) is 0 Å². The molecule has 1 aromatic heterocycles. The van der Waals surface area contributed by atoms with Crippen LogP contribution in [0.3, 0.4) is 0 Å². The molecule has 0 aliphatic carbocycles. The minimum atomic E-state index is -0.519. The third-order valence-electron chi connectivity index (χ3n) is 1.95. The van der Waals surface area contributed by atoms with Crippen molar-refractivity contribution in [1.29, 1.82) is 0 Å². The van der Waals surface area contributed by atoms with E-state index in [0.29, 0.717) is 12.1 Å². The SMILES string of the molecule is Cc1nc2c([N+](=O)[O-])n1C2C=O. The number of imidazole rings is 1. The summed E-state index contributed by atoms with van der Waals surface area (Å²) in [4.78, 5) is 24.1. The second kappa shape index (κ2) is 1.90. The summed E-state index contributed by atoms with van der Waals surface area (Å²) in [6.07, 6.45) is 0.655. The highest BCUT2D eigenvalue weighted by atomic mass is 16.6. The predicted molar refractivity (Wildman–Crippen MR) is 37.8 cm³/mol. The largest absolute Gasteiger partial charge is 0.358 e. The van der Waals surface area contributed by atoms with Crippen molar-refractivity contribution in [2.24, 2.45) is 0 Å². The van der Waals surface area contributed by atoms with Gasteiger partial charge in [-0.05, 0) is 4.92 Å². The zero-order chi connectivity index (χ0) is 8.88. The van der Waals surface area contributed by atoms with Gasteiger partial charge in [-0.25, -0.2) is 4.98 Å². The summed E-state index contributed by atoms with van der Waals surface area (Å²) in [6.45, 7) is 1.64. The molecule has 62 valence electrons. The van der Waals surface area contributed by atoms with E-state index in [0.717, 1.165) is 0 Å². The molecule has 3 rings (SSSR count). The first-order valence-electron chi connectivity index (χ1n) is 3.35. The molecule has 1 atom stereocenters. The monoisotopic (exact) mass is 167 g/mol. The Morgan fingerprint density at radius 1 is 1.75 bits per heavy atom. The van der Waals surface area contributed by atoms with E-state index in [1.165, 1.54) is 4.57 Å². The number of nitrogens with zero attached hydrogens (tertiary/aromatic N) is 3. The average molecular weight is 167 g/mol. The molecule has 0 amide bonds. The fraction of sp³-hybridized carbons (Fsp3) is 0.333. The van der Waals surface area contributed by atoms with E-state index in [4.69, 9.17) is 0 Å². The first-order chi connectivity index (χ1) is 5.66. The number of carbonyl (C=O) groups is 1. The van der Waals surface area contributed by atoms with Crippen LogP contribution in [0.1, 0.15) is 17.6 Å². The van der Waals surface area contributed by atoms with Crippen LogP contribution in [-0.2, 0) is 4.79 Å². The number of fused-ring (bicyclic) bond motifs is 1. The molecule has 6 heteroatoms.